The molecular formula is C15H13N3O6. The Balaban J connectivity index is 2.74. The van der Waals surface area contributed by atoms with Crippen molar-refractivity contribution in [3.8, 4) is 0 Å². The van der Waals surface area contributed by atoms with Crippen molar-refractivity contribution in [1.29, 1.82) is 0 Å². The van der Waals surface area contributed by atoms with Crippen LogP contribution in [0, 0.1) is 34.1 Å². The summed E-state index contributed by atoms with van der Waals surface area (Å²) in [5.41, 5.74) is -0.269. The van der Waals surface area contributed by atoms with Crippen molar-refractivity contribution in [3.05, 3.63) is 67.3 Å². The van der Waals surface area contributed by atoms with Crippen LogP contribution < -0.4 is 5.32 Å². The highest BCUT2D eigenvalue weighted by atomic mass is 16.6. The lowest BCUT2D eigenvalue weighted by molar-refractivity contribution is -0.392. The third-order valence-corrected chi connectivity index (χ3v) is 3.47. The molecule has 0 saturated carbocycles. The number of rotatable bonds is 5. The third-order valence-electron chi connectivity index (χ3n) is 3.47. The van der Waals surface area contributed by atoms with Crippen molar-refractivity contribution < 1.29 is 19.7 Å². The number of carboxylic acids is 1. The van der Waals surface area contributed by atoms with E-state index >= 15 is 0 Å². The van der Waals surface area contributed by atoms with E-state index in [0.29, 0.717) is 5.69 Å². The van der Waals surface area contributed by atoms with Crippen molar-refractivity contribution in [1.82, 2.24) is 0 Å². The van der Waals surface area contributed by atoms with Gasteiger partial charge < -0.3 is 10.4 Å². The van der Waals surface area contributed by atoms with Crippen molar-refractivity contribution >= 4 is 28.7 Å². The smallest absolute Gasteiger partial charge is 0.336 e. The molecule has 0 aromatic heterocycles. The minimum Gasteiger partial charge on any atom is -0.478 e. The molecule has 2 aromatic rings. The van der Waals surface area contributed by atoms with E-state index < -0.39 is 32.8 Å². The number of hydrogen-bond donors (Lipinski definition) is 2. The first kappa shape index (κ1) is 16.9. The van der Waals surface area contributed by atoms with E-state index in [1.165, 1.54) is 0 Å². The van der Waals surface area contributed by atoms with Crippen LogP contribution in [0.4, 0.5) is 22.7 Å². The first-order valence-corrected chi connectivity index (χ1v) is 6.75. The Kier molecular flexibility index (Phi) is 4.45. The van der Waals surface area contributed by atoms with Gasteiger partial charge in [0.1, 0.15) is 0 Å². The second-order valence-electron chi connectivity index (χ2n) is 5.10. The number of nitro groups is 2. The molecule has 0 saturated heterocycles. The quantitative estimate of drug-likeness (QED) is 0.631. The molecule has 9 nitrogen and oxygen atoms in total. The summed E-state index contributed by atoms with van der Waals surface area (Å²) >= 11 is 0. The Hall–Kier alpha value is -3.49. The maximum absolute atomic E-state index is 11.3. The van der Waals surface area contributed by atoms with Gasteiger partial charge in [-0.3, -0.25) is 20.2 Å². The first-order chi connectivity index (χ1) is 11.2. The number of nitro benzene ring substituents is 2. The molecule has 2 aromatic carbocycles. The van der Waals surface area contributed by atoms with E-state index in [4.69, 9.17) is 5.11 Å². The van der Waals surface area contributed by atoms with Crippen LogP contribution in [0.1, 0.15) is 21.5 Å². The fourth-order valence-electron chi connectivity index (χ4n) is 2.29. The Labute approximate surface area is 135 Å². The Morgan fingerprint density at radius 2 is 1.46 bits per heavy atom. The van der Waals surface area contributed by atoms with Crippen molar-refractivity contribution in [2.45, 2.75) is 13.8 Å². The molecule has 0 bridgehead atoms. The molecule has 0 amide bonds. The molecule has 2 N–H and O–H groups in total. The van der Waals surface area contributed by atoms with E-state index in [2.05, 4.69) is 5.32 Å². The highest BCUT2D eigenvalue weighted by Gasteiger charge is 2.29. The number of para-hydroxylation sites is 1. The standard InChI is InChI=1S/C15H13N3O6/c1-8-4-3-5-9(2)13(8)16-14-11(17(21)22)6-10(15(19)20)7-12(14)18(23)24/h3-7,16H,1-2H3,(H,19,20). The molecule has 0 atom stereocenters. The van der Waals surface area contributed by atoms with Gasteiger partial charge in [-0.05, 0) is 25.0 Å². The van der Waals surface area contributed by atoms with Gasteiger partial charge in [0.25, 0.3) is 0 Å². The van der Waals surface area contributed by atoms with Gasteiger partial charge in [0, 0.05) is 17.8 Å². The number of benzene rings is 2. The van der Waals surface area contributed by atoms with Crippen molar-refractivity contribution in [2.24, 2.45) is 0 Å². The summed E-state index contributed by atoms with van der Waals surface area (Å²) in [6, 6.07) is 6.87. The minimum atomic E-state index is -1.49. The van der Waals surface area contributed by atoms with E-state index in [0.717, 1.165) is 23.3 Å². The highest BCUT2D eigenvalue weighted by Crippen LogP contribution is 2.39. The van der Waals surface area contributed by atoms with Gasteiger partial charge in [-0.15, -0.1) is 0 Å². The Bertz CT molecular complexity index is 807. The zero-order valence-electron chi connectivity index (χ0n) is 12.8. The summed E-state index contributed by atoms with van der Waals surface area (Å²) in [5.74, 6) is -1.49. The number of hydrogen-bond acceptors (Lipinski definition) is 6. The molecule has 2 rings (SSSR count). The molecule has 0 aliphatic heterocycles. The monoisotopic (exact) mass is 331 g/mol. The van der Waals surface area contributed by atoms with Crippen LogP contribution in [0.2, 0.25) is 0 Å². The Morgan fingerprint density at radius 1 is 1.00 bits per heavy atom. The van der Waals surface area contributed by atoms with Crippen LogP contribution in [-0.4, -0.2) is 20.9 Å². The number of carbonyl (C=O) groups is 1. The van der Waals surface area contributed by atoms with Gasteiger partial charge in [-0.25, -0.2) is 4.79 Å². The second kappa shape index (κ2) is 6.32. The maximum atomic E-state index is 11.3. The van der Waals surface area contributed by atoms with Crippen LogP contribution >= 0.6 is 0 Å². The molecule has 0 heterocycles. The maximum Gasteiger partial charge on any atom is 0.336 e. The predicted molar refractivity (Wildman–Crippen MR) is 85.9 cm³/mol. The van der Waals surface area contributed by atoms with Crippen LogP contribution in [0.3, 0.4) is 0 Å². The van der Waals surface area contributed by atoms with Gasteiger partial charge in [0.15, 0.2) is 5.69 Å². The number of nitrogens with zero attached hydrogens (tertiary/aromatic N) is 2. The third kappa shape index (κ3) is 3.14. The first-order valence-electron chi connectivity index (χ1n) is 6.75. The molecule has 124 valence electrons. The number of anilines is 2. The molecule has 0 aliphatic carbocycles. The van der Waals surface area contributed by atoms with Gasteiger partial charge >= 0.3 is 17.3 Å². The van der Waals surface area contributed by atoms with E-state index in [1.807, 2.05) is 0 Å². The average molecular weight is 331 g/mol. The second-order valence-corrected chi connectivity index (χ2v) is 5.10. The van der Waals surface area contributed by atoms with Crippen molar-refractivity contribution in [3.63, 3.8) is 0 Å². The van der Waals surface area contributed by atoms with E-state index in [-0.39, 0.29) is 5.69 Å². The summed E-state index contributed by atoms with van der Waals surface area (Å²) < 4.78 is 0. The lowest BCUT2D eigenvalue weighted by atomic mass is 10.1. The lowest BCUT2D eigenvalue weighted by Crippen LogP contribution is -2.07. The summed E-state index contributed by atoms with van der Waals surface area (Å²) in [6.45, 7) is 3.50. The normalized spacial score (nSPS) is 10.2. The van der Waals surface area contributed by atoms with E-state index in [9.17, 15) is 25.0 Å². The van der Waals surface area contributed by atoms with Crippen molar-refractivity contribution in [2.75, 3.05) is 5.32 Å². The molecular weight excluding hydrogens is 318 g/mol. The molecule has 0 spiro atoms. The number of aromatic carboxylic acids is 1. The lowest BCUT2D eigenvalue weighted by Gasteiger charge is -2.13. The zero-order chi connectivity index (χ0) is 18.0. The zero-order valence-corrected chi connectivity index (χ0v) is 12.8. The molecule has 0 aliphatic rings. The van der Waals surface area contributed by atoms with Crippen LogP contribution in [0.5, 0.6) is 0 Å². The largest absolute Gasteiger partial charge is 0.478 e. The SMILES string of the molecule is Cc1cccc(C)c1Nc1c([N+](=O)[O-])cc(C(=O)O)cc1[N+](=O)[O-]. The minimum absolute atomic E-state index is 0.354. The van der Waals surface area contributed by atoms with Gasteiger partial charge in [0.05, 0.1) is 15.4 Å². The fourth-order valence-corrected chi connectivity index (χ4v) is 2.29. The average Bonchev–Trinajstić information content (AvgIpc) is 2.50. The van der Waals surface area contributed by atoms with Gasteiger partial charge in [0.2, 0.25) is 0 Å². The van der Waals surface area contributed by atoms with Gasteiger partial charge in [-0.1, -0.05) is 18.2 Å². The summed E-state index contributed by atoms with van der Waals surface area (Å²) in [4.78, 5) is 31.9. The number of carboxylic acid groups (broad SMARTS) is 1. The van der Waals surface area contributed by atoms with Crippen LogP contribution in [-0.2, 0) is 0 Å². The fraction of sp³-hybridized carbons (Fsp3) is 0.133. The number of aryl methyl sites for hydroxylation is 2. The molecule has 24 heavy (non-hydrogen) atoms. The molecule has 0 fully saturated rings. The highest BCUT2D eigenvalue weighted by molar-refractivity contribution is 5.93. The van der Waals surface area contributed by atoms with Gasteiger partial charge in [-0.2, -0.15) is 0 Å². The van der Waals surface area contributed by atoms with Crippen LogP contribution in [0.25, 0.3) is 0 Å². The summed E-state index contributed by atoms with van der Waals surface area (Å²) in [7, 11) is 0. The summed E-state index contributed by atoms with van der Waals surface area (Å²) in [6.07, 6.45) is 0. The number of nitrogens with one attached hydrogen (secondary N) is 1. The van der Waals surface area contributed by atoms with E-state index in [1.54, 1.807) is 32.0 Å². The summed E-state index contributed by atoms with van der Waals surface area (Å²) in [5, 5.41) is 34.3. The topological polar surface area (TPSA) is 136 Å². The molecule has 9 heteroatoms. The predicted octanol–water partition coefficient (Wildman–Crippen LogP) is 3.56. The molecule has 0 unspecified atom stereocenters. The molecule has 0 radical (unpaired) electrons. The van der Waals surface area contributed by atoms with Crippen LogP contribution in [0.15, 0.2) is 30.3 Å². The Morgan fingerprint density at radius 3 is 1.83 bits per heavy atom.